The monoisotopic (exact) mass is 232 g/mol. The molecule has 2 aromatic rings. The highest BCUT2D eigenvalue weighted by Crippen LogP contribution is 2.23. The average molecular weight is 233 g/mol. The summed E-state index contributed by atoms with van der Waals surface area (Å²) in [6.07, 6.45) is 3.83. The average Bonchev–Trinajstić information content (AvgIpc) is 2.73. The molecule has 1 aliphatic rings. The summed E-state index contributed by atoms with van der Waals surface area (Å²) in [5.74, 6) is 0.919. The van der Waals surface area contributed by atoms with Crippen LogP contribution in [0.4, 0.5) is 5.95 Å². The molecule has 0 amide bonds. The fourth-order valence-electron chi connectivity index (χ4n) is 1.95. The van der Waals surface area contributed by atoms with Gasteiger partial charge in [0.15, 0.2) is 0 Å². The van der Waals surface area contributed by atoms with E-state index >= 15 is 0 Å². The number of aromatic nitrogens is 2. The fraction of sp³-hybridized carbons (Fsp3) is 0.167. The van der Waals surface area contributed by atoms with E-state index < -0.39 is 0 Å². The van der Waals surface area contributed by atoms with Gasteiger partial charge < -0.3 is 0 Å². The van der Waals surface area contributed by atoms with Gasteiger partial charge in [0, 0.05) is 11.1 Å². The van der Waals surface area contributed by atoms with Crippen LogP contribution in [-0.4, -0.2) is 4.98 Å². The Morgan fingerprint density at radius 3 is 2.88 bits per heavy atom. The molecule has 1 aromatic heterocycles. The Morgan fingerprint density at radius 1 is 1.31 bits per heavy atom. The number of fused-ring (bicyclic) bond motifs is 1. The standard InChI is InChI=1S/C12H10ClN3/c13-10-4-2-9(3-5-10)11-8-16-7-1-6-14-12(16)15-11/h1-7,11H,8H2/p+1. The molecule has 4 heteroatoms. The second-order valence-electron chi connectivity index (χ2n) is 3.84. The lowest BCUT2D eigenvalue weighted by Gasteiger charge is -2.05. The minimum absolute atomic E-state index is 0.284. The summed E-state index contributed by atoms with van der Waals surface area (Å²) in [7, 11) is 0. The summed E-state index contributed by atoms with van der Waals surface area (Å²) in [6.45, 7) is 0.908. The summed E-state index contributed by atoms with van der Waals surface area (Å²) >= 11 is 5.87. The Labute approximate surface area is 98.7 Å². The number of hydrogen-bond acceptors (Lipinski definition) is 2. The van der Waals surface area contributed by atoms with Gasteiger partial charge in [-0.3, -0.25) is 5.32 Å². The number of benzene rings is 1. The topological polar surface area (TPSA) is 28.8 Å². The number of hydrogen-bond donors (Lipinski definition) is 1. The van der Waals surface area contributed by atoms with E-state index in [1.165, 1.54) is 5.56 Å². The van der Waals surface area contributed by atoms with Gasteiger partial charge in [-0.15, -0.1) is 0 Å². The zero-order valence-corrected chi connectivity index (χ0v) is 9.35. The first-order chi connectivity index (χ1) is 7.83. The number of nitrogens with zero attached hydrogens (tertiary/aromatic N) is 2. The van der Waals surface area contributed by atoms with Crippen molar-refractivity contribution in [3.8, 4) is 0 Å². The van der Waals surface area contributed by atoms with Gasteiger partial charge in [0.1, 0.15) is 18.8 Å². The van der Waals surface area contributed by atoms with Crippen molar-refractivity contribution < 1.29 is 4.57 Å². The molecule has 80 valence electrons. The minimum Gasteiger partial charge on any atom is -0.264 e. The molecule has 0 saturated carbocycles. The van der Waals surface area contributed by atoms with E-state index in [2.05, 4.69) is 14.9 Å². The maximum atomic E-state index is 5.87. The van der Waals surface area contributed by atoms with Crippen LogP contribution in [0.1, 0.15) is 11.6 Å². The van der Waals surface area contributed by atoms with Crippen molar-refractivity contribution >= 4 is 17.5 Å². The Kier molecular flexibility index (Phi) is 2.26. The molecule has 0 saturated heterocycles. The SMILES string of the molecule is Clc1ccc(C2C[n+]3cccnc3N2)cc1. The van der Waals surface area contributed by atoms with Crippen molar-refractivity contribution in [2.45, 2.75) is 12.6 Å². The highest BCUT2D eigenvalue weighted by Gasteiger charge is 2.28. The van der Waals surface area contributed by atoms with Crippen LogP contribution in [-0.2, 0) is 6.54 Å². The van der Waals surface area contributed by atoms with E-state index in [-0.39, 0.29) is 6.04 Å². The van der Waals surface area contributed by atoms with Gasteiger partial charge in [0.2, 0.25) is 0 Å². The molecule has 1 unspecified atom stereocenters. The Morgan fingerprint density at radius 2 is 2.12 bits per heavy atom. The second-order valence-corrected chi connectivity index (χ2v) is 4.28. The van der Waals surface area contributed by atoms with Gasteiger partial charge in [-0.05, 0) is 17.7 Å². The van der Waals surface area contributed by atoms with Gasteiger partial charge in [0.05, 0.1) is 6.20 Å². The molecule has 2 heterocycles. The van der Waals surface area contributed by atoms with Crippen LogP contribution in [0.3, 0.4) is 0 Å². The largest absolute Gasteiger partial charge is 0.392 e. The molecule has 1 atom stereocenters. The maximum Gasteiger partial charge on any atom is 0.392 e. The lowest BCUT2D eigenvalue weighted by atomic mass is 10.1. The summed E-state index contributed by atoms with van der Waals surface area (Å²) < 4.78 is 2.11. The first-order valence-electron chi connectivity index (χ1n) is 5.19. The summed E-state index contributed by atoms with van der Waals surface area (Å²) in [5.41, 5.74) is 1.23. The first-order valence-corrected chi connectivity index (χ1v) is 5.57. The summed E-state index contributed by atoms with van der Waals surface area (Å²) in [4.78, 5) is 4.28. The predicted octanol–water partition coefficient (Wildman–Crippen LogP) is 2.19. The van der Waals surface area contributed by atoms with Crippen molar-refractivity contribution in [1.29, 1.82) is 0 Å². The molecule has 1 aliphatic heterocycles. The quantitative estimate of drug-likeness (QED) is 0.764. The summed E-state index contributed by atoms with van der Waals surface area (Å²) in [5, 5.41) is 4.15. The number of nitrogens with one attached hydrogen (secondary N) is 1. The van der Waals surface area contributed by atoms with E-state index in [0.29, 0.717) is 0 Å². The van der Waals surface area contributed by atoms with Crippen LogP contribution in [0, 0.1) is 0 Å². The first kappa shape index (κ1) is 9.60. The molecule has 16 heavy (non-hydrogen) atoms. The molecule has 0 fully saturated rings. The smallest absolute Gasteiger partial charge is 0.264 e. The van der Waals surface area contributed by atoms with E-state index in [1.54, 1.807) is 6.20 Å². The zero-order chi connectivity index (χ0) is 11.0. The maximum absolute atomic E-state index is 5.87. The molecule has 3 rings (SSSR count). The molecule has 3 nitrogen and oxygen atoms in total. The highest BCUT2D eigenvalue weighted by atomic mass is 35.5. The van der Waals surface area contributed by atoms with Gasteiger partial charge in [0.25, 0.3) is 0 Å². The number of anilines is 1. The third-order valence-electron chi connectivity index (χ3n) is 2.78. The van der Waals surface area contributed by atoms with Crippen LogP contribution >= 0.6 is 11.6 Å². The zero-order valence-electron chi connectivity index (χ0n) is 8.60. The molecule has 0 aliphatic carbocycles. The molecule has 0 bridgehead atoms. The predicted molar refractivity (Wildman–Crippen MR) is 62.2 cm³/mol. The van der Waals surface area contributed by atoms with E-state index in [0.717, 1.165) is 17.5 Å². The van der Waals surface area contributed by atoms with Crippen LogP contribution in [0.25, 0.3) is 0 Å². The van der Waals surface area contributed by atoms with Crippen LogP contribution in [0.15, 0.2) is 42.7 Å². The van der Waals surface area contributed by atoms with Crippen LogP contribution in [0.5, 0.6) is 0 Å². The molecular formula is C12H11ClN3+. The van der Waals surface area contributed by atoms with Gasteiger partial charge in [-0.1, -0.05) is 28.7 Å². The highest BCUT2D eigenvalue weighted by molar-refractivity contribution is 6.30. The lowest BCUT2D eigenvalue weighted by molar-refractivity contribution is -0.676. The van der Waals surface area contributed by atoms with Crippen molar-refractivity contribution in [3.05, 3.63) is 53.3 Å². The van der Waals surface area contributed by atoms with Gasteiger partial charge in [-0.25, -0.2) is 4.57 Å². The van der Waals surface area contributed by atoms with E-state index in [9.17, 15) is 0 Å². The van der Waals surface area contributed by atoms with E-state index in [4.69, 9.17) is 11.6 Å². The Bertz CT molecular complexity index is 485. The Balaban J connectivity index is 1.88. The van der Waals surface area contributed by atoms with E-state index in [1.807, 2.05) is 36.5 Å². The van der Waals surface area contributed by atoms with Gasteiger partial charge >= 0.3 is 5.95 Å². The van der Waals surface area contributed by atoms with Crippen LogP contribution in [0.2, 0.25) is 5.02 Å². The van der Waals surface area contributed by atoms with Crippen molar-refractivity contribution in [3.63, 3.8) is 0 Å². The summed E-state index contributed by atoms with van der Waals surface area (Å²) in [6, 6.07) is 10.2. The fourth-order valence-corrected chi connectivity index (χ4v) is 2.08. The van der Waals surface area contributed by atoms with Crippen molar-refractivity contribution in [2.24, 2.45) is 0 Å². The number of rotatable bonds is 1. The van der Waals surface area contributed by atoms with Crippen molar-refractivity contribution in [2.75, 3.05) is 5.32 Å². The van der Waals surface area contributed by atoms with Gasteiger partial charge in [-0.2, -0.15) is 0 Å². The molecule has 0 spiro atoms. The molecule has 1 aromatic carbocycles. The second kappa shape index (κ2) is 3.76. The normalized spacial score (nSPS) is 17.9. The van der Waals surface area contributed by atoms with Crippen molar-refractivity contribution in [1.82, 2.24) is 4.98 Å². The minimum atomic E-state index is 0.284. The van der Waals surface area contributed by atoms with Crippen LogP contribution < -0.4 is 9.88 Å². The molecule has 0 radical (unpaired) electrons. The Hall–Kier alpha value is -1.61. The lowest BCUT2D eigenvalue weighted by Crippen LogP contribution is -2.31. The molecular weight excluding hydrogens is 222 g/mol. The number of halogens is 1. The molecule has 1 N–H and O–H groups in total. The third kappa shape index (κ3) is 1.63. The third-order valence-corrected chi connectivity index (χ3v) is 3.03.